The molecule has 21 heavy (non-hydrogen) atoms. The minimum atomic E-state index is -3.36. The van der Waals surface area contributed by atoms with Gasteiger partial charge in [0.1, 0.15) is 0 Å². The van der Waals surface area contributed by atoms with Crippen LogP contribution in [0, 0.1) is 11.3 Å². The molecular formula is C15H20N2O3S. The van der Waals surface area contributed by atoms with Crippen LogP contribution >= 0.6 is 0 Å². The monoisotopic (exact) mass is 308 g/mol. The molecule has 2 atom stereocenters. The van der Waals surface area contributed by atoms with E-state index in [4.69, 9.17) is 10.00 Å². The first-order chi connectivity index (χ1) is 9.90. The third kappa shape index (κ3) is 4.27. The Bertz CT molecular complexity index is 627. The van der Waals surface area contributed by atoms with E-state index < -0.39 is 9.84 Å². The van der Waals surface area contributed by atoms with Gasteiger partial charge in [-0.3, -0.25) is 4.90 Å². The highest BCUT2D eigenvalue weighted by molar-refractivity contribution is 7.91. The summed E-state index contributed by atoms with van der Waals surface area (Å²) in [6.45, 7) is 5.97. The van der Waals surface area contributed by atoms with E-state index in [2.05, 4.69) is 4.90 Å². The average molecular weight is 308 g/mol. The largest absolute Gasteiger partial charge is 0.373 e. The zero-order valence-electron chi connectivity index (χ0n) is 12.3. The van der Waals surface area contributed by atoms with E-state index in [1.165, 1.54) is 6.07 Å². The molecule has 0 amide bonds. The molecule has 0 unspecified atom stereocenters. The average Bonchev–Trinajstić information content (AvgIpc) is 2.44. The van der Waals surface area contributed by atoms with Gasteiger partial charge in [0, 0.05) is 19.6 Å². The minimum Gasteiger partial charge on any atom is -0.373 e. The number of hydrogen-bond donors (Lipinski definition) is 0. The maximum absolute atomic E-state index is 12.3. The lowest BCUT2D eigenvalue weighted by molar-refractivity contribution is -0.0662. The van der Waals surface area contributed by atoms with Gasteiger partial charge in [-0.05, 0) is 32.0 Å². The summed E-state index contributed by atoms with van der Waals surface area (Å²) in [5.41, 5.74) is 0.365. The maximum atomic E-state index is 12.3. The molecule has 0 bridgehead atoms. The van der Waals surface area contributed by atoms with Gasteiger partial charge in [0.15, 0.2) is 9.84 Å². The molecule has 0 radical (unpaired) electrons. The fourth-order valence-electron chi connectivity index (χ4n) is 2.59. The summed E-state index contributed by atoms with van der Waals surface area (Å²) < 4.78 is 30.3. The van der Waals surface area contributed by atoms with E-state index in [1.54, 1.807) is 18.2 Å². The number of nitriles is 1. The first-order valence-electron chi connectivity index (χ1n) is 7.01. The number of hydrogen-bond acceptors (Lipinski definition) is 5. The van der Waals surface area contributed by atoms with Gasteiger partial charge in [-0.2, -0.15) is 5.26 Å². The fourth-order valence-corrected chi connectivity index (χ4v) is 3.92. The molecule has 1 aliphatic heterocycles. The summed E-state index contributed by atoms with van der Waals surface area (Å²) in [5, 5.41) is 8.85. The molecule has 0 N–H and O–H groups in total. The van der Waals surface area contributed by atoms with Gasteiger partial charge >= 0.3 is 0 Å². The van der Waals surface area contributed by atoms with Gasteiger partial charge in [-0.25, -0.2) is 8.42 Å². The van der Waals surface area contributed by atoms with E-state index in [9.17, 15) is 8.42 Å². The van der Waals surface area contributed by atoms with E-state index in [0.717, 1.165) is 13.1 Å². The van der Waals surface area contributed by atoms with Crippen LogP contribution < -0.4 is 0 Å². The van der Waals surface area contributed by atoms with E-state index in [0.29, 0.717) is 12.1 Å². The Hall–Kier alpha value is -1.42. The van der Waals surface area contributed by atoms with Crippen LogP contribution in [0.15, 0.2) is 29.2 Å². The standard InChI is InChI=1S/C15H20N2O3S/c1-12-10-17(11-13(2)20-12)6-7-21(18,19)15-5-3-4-14(8-15)9-16/h3-5,8,12-13H,6-7,10-11H2,1-2H3/t12-,13+. The molecule has 1 aromatic carbocycles. The highest BCUT2D eigenvalue weighted by Gasteiger charge is 2.24. The van der Waals surface area contributed by atoms with Gasteiger partial charge in [-0.1, -0.05) is 6.07 Å². The summed E-state index contributed by atoms with van der Waals surface area (Å²) in [6, 6.07) is 8.14. The molecule has 0 aliphatic carbocycles. The van der Waals surface area contributed by atoms with Crippen molar-refractivity contribution in [3.8, 4) is 6.07 Å². The molecular weight excluding hydrogens is 288 g/mol. The third-order valence-corrected chi connectivity index (χ3v) is 5.19. The van der Waals surface area contributed by atoms with Gasteiger partial charge in [0.05, 0.1) is 34.5 Å². The smallest absolute Gasteiger partial charge is 0.179 e. The summed E-state index contributed by atoms with van der Waals surface area (Å²) in [7, 11) is -3.36. The lowest BCUT2D eigenvalue weighted by Crippen LogP contribution is -2.46. The molecule has 0 aromatic heterocycles. The van der Waals surface area contributed by atoms with Crippen LogP contribution in [0.25, 0.3) is 0 Å². The van der Waals surface area contributed by atoms with Crippen LogP contribution in [0.2, 0.25) is 0 Å². The summed E-state index contributed by atoms with van der Waals surface area (Å²) in [5.74, 6) is 0.0569. The van der Waals surface area contributed by atoms with Gasteiger partial charge in [-0.15, -0.1) is 0 Å². The normalized spacial score (nSPS) is 23.7. The van der Waals surface area contributed by atoms with Crippen molar-refractivity contribution in [3.05, 3.63) is 29.8 Å². The Morgan fingerprint density at radius 2 is 2.00 bits per heavy atom. The molecule has 2 rings (SSSR count). The van der Waals surface area contributed by atoms with E-state index in [1.807, 2.05) is 19.9 Å². The Balaban J connectivity index is 2.03. The van der Waals surface area contributed by atoms with Crippen molar-refractivity contribution in [2.75, 3.05) is 25.4 Å². The fraction of sp³-hybridized carbons (Fsp3) is 0.533. The van der Waals surface area contributed by atoms with E-state index in [-0.39, 0.29) is 22.9 Å². The highest BCUT2D eigenvalue weighted by Crippen LogP contribution is 2.15. The second-order valence-electron chi connectivity index (χ2n) is 5.48. The van der Waals surface area contributed by atoms with Crippen LogP contribution in [0.3, 0.4) is 0 Å². The summed E-state index contributed by atoms with van der Waals surface area (Å²) in [4.78, 5) is 2.33. The number of rotatable bonds is 4. The zero-order valence-corrected chi connectivity index (χ0v) is 13.1. The quantitative estimate of drug-likeness (QED) is 0.842. The number of benzene rings is 1. The number of ether oxygens (including phenoxy) is 1. The zero-order chi connectivity index (χ0) is 15.5. The molecule has 1 saturated heterocycles. The first-order valence-corrected chi connectivity index (χ1v) is 8.66. The number of nitrogens with zero attached hydrogens (tertiary/aromatic N) is 2. The minimum absolute atomic E-state index is 0.0569. The van der Waals surface area contributed by atoms with Crippen molar-refractivity contribution in [2.24, 2.45) is 0 Å². The molecule has 1 aromatic rings. The molecule has 1 heterocycles. The molecule has 0 spiro atoms. The van der Waals surface area contributed by atoms with Crippen molar-refractivity contribution in [3.63, 3.8) is 0 Å². The highest BCUT2D eigenvalue weighted by atomic mass is 32.2. The van der Waals surface area contributed by atoms with Crippen LogP contribution in [0.4, 0.5) is 0 Å². The summed E-state index contributed by atoms with van der Waals surface area (Å²) in [6.07, 6.45) is 0.247. The predicted molar refractivity (Wildman–Crippen MR) is 79.7 cm³/mol. The Kier molecular flexibility index (Phi) is 4.99. The van der Waals surface area contributed by atoms with Gasteiger partial charge < -0.3 is 4.74 Å². The Labute approximate surface area is 126 Å². The third-order valence-electron chi connectivity index (χ3n) is 3.49. The number of sulfone groups is 1. The molecule has 1 aliphatic rings. The van der Waals surface area contributed by atoms with Crippen molar-refractivity contribution >= 4 is 9.84 Å². The second-order valence-corrected chi connectivity index (χ2v) is 7.58. The molecule has 1 fully saturated rings. The van der Waals surface area contributed by atoms with Crippen molar-refractivity contribution < 1.29 is 13.2 Å². The maximum Gasteiger partial charge on any atom is 0.179 e. The molecule has 6 heteroatoms. The lowest BCUT2D eigenvalue weighted by Gasteiger charge is -2.35. The first kappa shape index (κ1) is 16.0. The molecule has 114 valence electrons. The van der Waals surface area contributed by atoms with Crippen molar-refractivity contribution in [2.45, 2.75) is 31.0 Å². The van der Waals surface area contributed by atoms with Crippen LogP contribution in [-0.4, -0.2) is 50.9 Å². The van der Waals surface area contributed by atoms with Crippen LogP contribution in [0.1, 0.15) is 19.4 Å². The topological polar surface area (TPSA) is 70.4 Å². The number of morpholine rings is 1. The van der Waals surface area contributed by atoms with E-state index >= 15 is 0 Å². The molecule has 0 saturated carbocycles. The van der Waals surface area contributed by atoms with Crippen LogP contribution in [-0.2, 0) is 14.6 Å². The van der Waals surface area contributed by atoms with Gasteiger partial charge in [0.2, 0.25) is 0 Å². The van der Waals surface area contributed by atoms with Crippen LogP contribution in [0.5, 0.6) is 0 Å². The Morgan fingerprint density at radius 1 is 1.33 bits per heavy atom. The SMILES string of the molecule is C[C@@H]1CN(CCS(=O)(=O)c2cccc(C#N)c2)C[C@H](C)O1. The summed E-state index contributed by atoms with van der Waals surface area (Å²) >= 11 is 0. The second kappa shape index (κ2) is 6.56. The van der Waals surface area contributed by atoms with Gasteiger partial charge in [0.25, 0.3) is 0 Å². The van der Waals surface area contributed by atoms with Crippen molar-refractivity contribution in [1.29, 1.82) is 5.26 Å². The Morgan fingerprint density at radius 3 is 2.62 bits per heavy atom. The molecule has 5 nitrogen and oxygen atoms in total. The predicted octanol–water partition coefficient (Wildman–Crippen LogP) is 1.44. The lowest BCUT2D eigenvalue weighted by atomic mass is 10.2. The van der Waals surface area contributed by atoms with Crippen molar-refractivity contribution in [1.82, 2.24) is 4.90 Å².